The predicted octanol–water partition coefficient (Wildman–Crippen LogP) is 2.08. The van der Waals surface area contributed by atoms with Crippen molar-refractivity contribution in [1.82, 2.24) is 21.1 Å². The second-order valence-corrected chi connectivity index (χ2v) is 8.47. The van der Waals surface area contributed by atoms with Crippen LogP contribution >= 0.6 is 0 Å². The number of benzene rings is 1. The number of hydrogen-bond acceptors (Lipinski definition) is 9. The van der Waals surface area contributed by atoms with E-state index in [-0.39, 0.29) is 24.9 Å². The Bertz CT molecular complexity index is 1020. The summed E-state index contributed by atoms with van der Waals surface area (Å²) in [7, 11) is 0. The first kappa shape index (κ1) is 28.0. The van der Waals surface area contributed by atoms with Crippen LogP contribution in [0.1, 0.15) is 43.3 Å². The normalized spacial score (nSPS) is 11.6. The fourth-order valence-electron chi connectivity index (χ4n) is 2.58. The van der Waals surface area contributed by atoms with Crippen molar-refractivity contribution in [2.75, 3.05) is 19.7 Å². The molecule has 0 saturated heterocycles. The van der Waals surface area contributed by atoms with Gasteiger partial charge in [-0.1, -0.05) is 30.3 Å². The molecule has 36 heavy (non-hydrogen) atoms. The van der Waals surface area contributed by atoms with Crippen LogP contribution in [0.4, 0.5) is 9.59 Å². The third-order valence-corrected chi connectivity index (χ3v) is 4.22. The lowest BCUT2D eigenvalue weighted by molar-refractivity contribution is -0.139. The molecule has 13 nitrogen and oxygen atoms in total. The Morgan fingerprint density at radius 3 is 2.47 bits per heavy atom. The summed E-state index contributed by atoms with van der Waals surface area (Å²) in [6, 6.07) is 8.65. The highest BCUT2D eigenvalue weighted by Crippen LogP contribution is 2.11. The number of hydrogen-bond donors (Lipinski definition) is 4. The van der Waals surface area contributed by atoms with Crippen molar-refractivity contribution in [1.29, 1.82) is 0 Å². The average Bonchev–Trinajstić information content (AvgIpc) is 3.28. The van der Waals surface area contributed by atoms with Crippen molar-refractivity contribution in [3.8, 4) is 5.88 Å². The third-order valence-electron chi connectivity index (χ3n) is 4.22. The van der Waals surface area contributed by atoms with Gasteiger partial charge in [-0.3, -0.25) is 4.79 Å². The van der Waals surface area contributed by atoms with Gasteiger partial charge in [0.1, 0.15) is 18.2 Å². The molecule has 3 amide bonds. The third kappa shape index (κ3) is 10.8. The summed E-state index contributed by atoms with van der Waals surface area (Å²) in [6.07, 6.45) is -1.04. The molecule has 0 aliphatic carbocycles. The molecule has 0 saturated carbocycles. The molecule has 4 N–H and O–H groups in total. The maximum absolute atomic E-state index is 12.2. The number of amides is 3. The van der Waals surface area contributed by atoms with E-state index in [9.17, 15) is 24.3 Å². The summed E-state index contributed by atoms with van der Waals surface area (Å²) in [5.74, 6) is -2.30. The van der Waals surface area contributed by atoms with Gasteiger partial charge in [0, 0.05) is 13.1 Å². The molecule has 1 unspecified atom stereocenters. The minimum Gasteiger partial charge on any atom is -0.480 e. The minimum atomic E-state index is -1.44. The number of rotatable bonds is 12. The molecule has 0 aliphatic rings. The van der Waals surface area contributed by atoms with Crippen LogP contribution in [0.25, 0.3) is 0 Å². The lowest BCUT2D eigenvalue weighted by Crippen LogP contribution is -2.48. The topological polar surface area (TPSA) is 178 Å². The molecule has 13 heteroatoms. The van der Waals surface area contributed by atoms with Crippen LogP contribution < -0.4 is 20.7 Å². The molecule has 196 valence electrons. The maximum atomic E-state index is 12.2. The van der Waals surface area contributed by atoms with E-state index in [0.717, 1.165) is 5.56 Å². The van der Waals surface area contributed by atoms with E-state index in [1.807, 2.05) is 6.07 Å². The molecule has 0 spiro atoms. The number of ether oxygens (including phenoxy) is 3. The Kier molecular flexibility index (Phi) is 10.5. The Labute approximate surface area is 207 Å². The zero-order valence-electron chi connectivity index (χ0n) is 20.2. The van der Waals surface area contributed by atoms with Crippen molar-refractivity contribution >= 4 is 24.1 Å². The number of carboxylic acid groups (broad SMARTS) is 1. The van der Waals surface area contributed by atoms with E-state index in [1.165, 1.54) is 6.07 Å². The molecule has 2 aromatic rings. The van der Waals surface area contributed by atoms with E-state index in [0.29, 0.717) is 13.0 Å². The second-order valence-electron chi connectivity index (χ2n) is 8.47. The minimum absolute atomic E-state index is 0.0369. The first-order valence-electron chi connectivity index (χ1n) is 11.1. The number of aromatic nitrogens is 1. The predicted molar refractivity (Wildman–Crippen MR) is 124 cm³/mol. The fraction of sp³-hybridized carbons (Fsp3) is 0.435. The van der Waals surface area contributed by atoms with Gasteiger partial charge in [-0.05, 0) is 37.9 Å². The highest BCUT2D eigenvalue weighted by Gasteiger charge is 2.23. The number of carboxylic acids is 1. The smallest absolute Gasteiger partial charge is 0.408 e. The van der Waals surface area contributed by atoms with E-state index in [2.05, 4.69) is 21.1 Å². The summed E-state index contributed by atoms with van der Waals surface area (Å²) in [4.78, 5) is 47.2. The van der Waals surface area contributed by atoms with Gasteiger partial charge in [-0.2, -0.15) is 0 Å². The SMILES string of the molecule is CC(C)(C)OC(=O)NCCCOc1cc(C(=O)NCC(NC(=O)OCc2ccccc2)C(=O)O)on1. The number of nitrogens with zero attached hydrogens (tertiary/aromatic N) is 1. The maximum Gasteiger partial charge on any atom is 0.408 e. The molecule has 1 atom stereocenters. The molecule has 0 radical (unpaired) electrons. The Morgan fingerprint density at radius 1 is 1.08 bits per heavy atom. The van der Waals surface area contributed by atoms with E-state index in [1.54, 1.807) is 45.0 Å². The summed E-state index contributed by atoms with van der Waals surface area (Å²) >= 11 is 0. The molecule has 1 aromatic carbocycles. The Morgan fingerprint density at radius 2 is 1.81 bits per heavy atom. The van der Waals surface area contributed by atoms with Crippen LogP contribution in [-0.2, 0) is 20.9 Å². The molecular weight excluding hydrogens is 476 g/mol. The summed E-state index contributed by atoms with van der Waals surface area (Å²) in [5, 5.41) is 20.0. The average molecular weight is 507 g/mol. The first-order valence-corrected chi connectivity index (χ1v) is 11.1. The lowest BCUT2D eigenvalue weighted by atomic mass is 10.2. The summed E-state index contributed by atoms with van der Waals surface area (Å²) in [6.45, 7) is 5.29. The van der Waals surface area contributed by atoms with E-state index < -0.39 is 42.3 Å². The number of carbonyl (C=O) groups is 4. The van der Waals surface area contributed by atoms with Crippen LogP contribution in [0.5, 0.6) is 5.88 Å². The quantitative estimate of drug-likeness (QED) is 0.311. The standard InChI is InChI=1S/C23H30N4O9/c1-23(2,3)35-21(31)24-10-7-11-33-18-12-17(36-27-18)19(28)25-13-16(20(29)30)26-22(32)34-14-15-8-5-4-6-9-15/h4-6,8-9,12,16H,7,10-11,13-14H2,1-3H3,(H,24,31)(H,25,28)(H,26,32)(H,29,30). The van der Waals surface area contributed by atoms with Crippen LogP contribution in [-0.4, -0.2) is 65.7 Å². The summed E-state index contributed by atoms with van der Waals surface area (Å²) in [5.41, 5.74) is 0.139. The van der Waals surface area contributed by atoms with Crippen molar-refractivity contribution in [3.63, 3.8) is 0 Å². The molecule has 1 heterocycles. The number of nitrogens with one attached hydrogen (secondary N) is 3. The summed E-state index contributed by atoms with van der Waals surface area (Å²) < 4.78 is 20.4. The van der Waals surface area contributed by atoms with Crippen LogP contribution in [0.2, 0.25) is 0 Å². The molecule has 2 rings (SSSR count). The van der Waals surface area contributed by atoms with Crippen molar-refractivity contribution < 1.29 is 43.0 Å². The van der Waals surface area contributed by atoms with Crippen molar-refractivity contribution in [2.45, 2.75) is 45.4 Å². The van der Waals surface area contributed by atoms with Gasteiger partial charge in [0.2, 0.25) is 5.76 Å². The van der Waals surface area contributed by atoms with Gasteiger partial charge < -0.3 is 39.8 Å². The van der Waals surface area contributed by atoms with Crippen molar-refractivity contribution in [2.24, 2.45) is 0 Å². The highest BCUT2D eigenvalue weighted by atomic mass is 16.6. The fourth-order valence-corrected chi connectivity index (χ4v) is 2.58. The molecule has 1 aromatic heterocycles. The zero-order chi connectivity index (χ0) is 26.6. The van der Waals surface area contributed by atoms with Gasteiger partial charge in [-0.25, -0.2) is 14.4 Å². The number of aliphatic carboxylic acids is 1. The Hall–Kier alpha value is -4.29. The molecular formula is C23H30N4O9. The Balaban J connectivity index is 1.70. The van der Waals surface area contributed by atoms with Crippen molar-refractivity contribution in [3.05, 3.63) is 47.7 Å². The zero-order valence-corrected chi connectivity index (χ0v) is 20.2. The number of alkyl carbamates (subject to hydrolysis) is 2. The monoisotopic (exact) mass is 506 g/mol. The van der Waals surface area contributed by atoms with E-state index >= 15 is 0 Å². The highest BCUT2D eigenvalue weighted by molar-refractivity contribution is 5.92. The van der Waals surface area contributed by atoms with Crippen LogP contribution in [0, 0.1) is 0 Å². The first-order chi connectivity index (χ1) is 17.0. The van der Waals surface area contributed by atoms with Gasteiger partial charge in [0.15, 0.2) is 0 Å². The largest absolute Gasteiger partial charge is 0.480 e. The van der Waals surface area contributed by atoms with Gasteiger partial charge in [0.05, 0.1) is 12.7 Å². The molecule has 0 aliphatic heterocycles. The van der Waals surface area contributed by atoms with Crippen LogP contribution in [0.15, 0.2) is 40.9 Å². The molecule has 0 fully saturated rings. The van der Waals surface area contributed by atoms with Gasteiger partial charge in [0.25, 0.3) is 11.8 Å². The second kappa shape index (κ2) is 13.6. The van der Waals surface area contributed by atoms with E-state index in [4.69, 9.17) is 18.7 Å². The lowest BCUT2D eigenvalue weighted by Gasteiger charge is -2.19. The van der Waals surface area contributed by atoms with Gasteiger partial charge in [-0.15, -0.1) is 0 Å². The van der Waals surface area contributed by atoms with Crippen LogP contribution in [0.3, 0.4) is 0 Å². The number of carbonyl (C=O) groups excluding carboxylic acids is 3. The van der Waals surface area contributed by atoms with Gasteiger partial charge >= 0.3 is 18.2 Å². The molecule has 0 bridgehead atoms.